The third kappa shape index (κ3) is 3.49. The van der Waals surface area contributed by atoms with Gasteiger partial charge in [0.05, 0.1) is 17.7 Å². The van der Waals surface area contributed by atoms with E-state index in [2.05, 4.69) is 5.32 Å². The number of aliphatic hydroxyl groups is 1. The van der Waals surface area contributed by atoms with Gasteiger partial charge in [-0.1, -0.05) is 36.7 Å². The number of thioether (sulfide) groups is 1. The van der Waals surface area contributed by atoms with E-state index in [1.165, 1.54) is 12.1 Å². The normalized spacial score (nSPS) is 17.4. The molecule has 0 spiro atoms. The summed E-state index contributed by atoms with van der Waals surface area (Å²) in [5.41, 5.74) is -0.364. The molecule has 1 aromatic carbocycles. The summed E-state index contributed by atoms with van der Waals surface area (Å²) in [6.07, 6.45) is 3.35. The maximum atomic E-state index is 12.5. The second-order valence-electron chi connectivity index (χ2n) is 4.97. The Labute approximate surface area is 120 Å². The second-order valence-corrected chi connectivity index (χ2v) is 6.01. The molecular weight excluding hydrogens is 284 g/mol. The predicted octanol–water partition coefficient (Wildman–Crippen LogP) is 3.04. The van der Waals surface area contributed by atoms with Gasteiger partial charge in [-0.25, -0.2) is 0 Å². The van der Waals surface area contributed by atoms with Crippen LogP contribution in [-0.2, 0) is 0 Å². The van der Waals surface area contributed by atoms with E-state index in [1.54, 1.807) is 12.1 Å². The Morgan fingerprint density at radius 3 is 2.60 bits per heavy atom. The number of nitrogens with one attached hydrogen (secondary N) is 1. The first-order valence-corrected chi connectivity index (χ1v) is 7.41. The lowest BCUT2D eigenvalue weighted by Crippen LogP contribution is -2.49. The molecule has 0 bridgehead atoms. The highest BCUT2D eigenvalue weighted by Crippen LogP contribution is 2.31. The van der Waals surface area contributed by atoms with E-state index in [0.717, 1.165) is 25.7 Å². The predicted molar refractivity (Wildman–Crippen MR) is 74.1 cm³/mol. The Morgan fingerprint density at radius 2 is 2.00 bits per heavy atom. The van der Waals surface area contributed by atoms with Crippen LogP contribution in [0.15, 0.2) is 29.2 Å². The van der Waals surface area contributed by atoms with Crippen LogP contribution in [0.1, 0.15) is 36.0 Å². The average molecular weight is 301 g/mol. The van der Waals surface area contributed by atoms with Crippen molar-refractivity contribution < 1.29 is 18.7 Å². The van der Waals surface area contributed by atoms with E-state index in [-0.39, 0.29) is 17.1 Å². The van der Waals surface area contributed by atoms with Gasteiger partial charge in [0.25, 0.3) is 11.7 Å². The topological polar surface area (TPSA) is 49.3 Å². The van der Waals surface area contributed by atoms with Crippen LogP contribution in [0.4, 0.5) is 8.78 Å². The van der Waals surface area contributed by atoms with Crippen molar-refractivity contribution in [3.8, 4) is 0 Å². The van der Waals surface area contributed by atoms with E-state index in [0.29, 0.717) is 11.8 Å². The Balaban J connectivity index is 2.16. The van der Waals surface area contributed by atoms with Crippen molar-refractivity contribution >= 4 is 17.7 Å². The second kappa shape index (κ2) is 6.54. The molecule has 0 saturated heterocycles. The first-order chi connectivity index (χ1) is 9.56. The van der Waals surface area contributed by atoms with Crippen LogP contribution in [0.2, 0.25) is 0 Å². The molecule has 6 heteroatoms. The maximum Gasteiger partial charge on any atom is 0.288 e. The lowest BCUT2D eigenvalue weighted by molar-refractivity contribution is 0.0835. The molecule has 0 unspecified atom stereocenters. The molecule has 110 valence electrons. The van der Waals surface area contributed by atoms with Gasteiger partial charge in [-0.2, -0.15) is 8.78 Å². The van der Waals surface area contributed by atoms with Gasteiger partial charge in [-0.05, 0) is 25.0 Å². The van der Waals surface area contributed by atoms with Gasteiger partial charge in [0.15, 0.2) is 0 Å². The molecule has 1 aliphatic carbocycles. The Morgan fingerprint density at radius 1 is 1.35 bits per heavy atom. The molecule has 0 heterocycles. The van der Waals surface area contributed by atoms with E-state index in [9.17, 15) is 18.7 Å². The maximum absolute atomic E-state index is 12.5. The van der Waals surface area contributed by atoms with Crippen LogP contribution in [0.25, 0.3) is 0 Å². The molecule has 1 aliphatic rings. The number of amides is 1. The molecule has 0 atom stereocenters. The minimum atomic E-state index is -2.57. The summed E-state index contributed by atoms with van der Waals surface area (Å²) in [6, 6.07) is 6.30. The highest BCUT2D eigenvalue weighted by atomic mass is 32.2. The van der Waals surface area contributed by atoms with Crippen LogP contribution in [0.3, 0.4) is 0 Å². The fraction of sp³-hybridized carbons (Fsp3) is 0.500. The fourth-order valence-electron chi connectivity index (χ4n) is 2.54. The quantitative estimate of drug-likeness (QED) is 0.822. The molecule has 0 aromatic heterocycles. The number of hydrogen-bond donors (Lipinski definition) is 2. The summed E-state index contributed by atoms with van der Waals surface area (Å²) in [5, 5.41) is 12.3. The van der Waals surface area contributed by atoms with Crippen molar-refractivity contribution in [2.75, 3.05) is 6.61 Å². The summed E-state index contributed by atoms with van der Waals surface area (Å²) in [5.74, 6) is -2.97. The number of halogens is 2. The van der Waals surface area contributed by atoms with Gasteiger partial charge in [-0.15, -0.1) is 0 Å². The third-order valence-electron chi connectivity index (χ3n) is 3.59. The first-order valence-electron chi connectivity index (χ1n) is 6.53. The SMILES string of the molecule is O=C(NC1(CO)CCCC1)c1ccccc1SC(F)F. The number of rotatable bonds is 5. The molecule has 2 rings (SSSR count). The molecule has 3 nitrogen and oxygen atoms in total. The van der Waals surface area contributed by atoms with Gasteiger partial charge >= 0.3 is 0 Å². The fourth-order valence-corrected chi connectivity index (χ4v) is 3.17. The van der Waals surface area contributed by atoms with Crippen LogP contribution >= 0.6 is 11.8 Å². The summed E-state index contributed by atoms with van der Waals surface area (Å²) in [7, 11) is 0. The van der Waals surface area contributed by atoms with Crippen LogP contribution < -0.4 is 5.32 Å². The number of carbonyl (C=O) groups is 1. The highest BCUT2D eigenvalue weighted by Gasteiger charge is 2.35. The minimum Gasteiger partial charge on any atom is -0.394 e. The molecule has 0 radical (unpaired) electrons. The lowest BCUT2D eigenvalue weighted by atomic mass is 9.98. The van der Waals surface area contributed by atoms with Crippen molar-refractivity contribution in [1.82, 2.24) is 5.32 Å². The Bertz CT molecular complexity index is 476. The molecular formula is C14H17F2NO2S. The van der Waals surface area contributed by atoms with Crippen LogP contribution in [0.5, 0.6) is 0 Å². The Kier molecular flexibility index (Phi) is 4.99. The van der Waals surface area contributed by atoms with Gasteiger partial charge in [0.1, 0.15) is 0 Å². The summed E-state index contributed by atoms with van der Waals surface area (Å²) < 4.78 is 25.0. The smallest absolute Gasteiger partial charge is 0.288 e. The standard InChI is InChI=1S/C14H17F2NO2S/c15-13(16)20-11-6-2-1-5-10(11)12(19)17-14(9-18)7-3-4-8-14/h1-2,5-6,13,18H,3-4,7-9H2,(H,17,19). The summed E-state index contributed by atoms with van der Waals surface area (Å²) in [6.45, 7) is -0.122. The highest BCUT2D eigenvalue weighted by molar-refractivity contribution is 7.99. The largest absolute Gasteiger partial charge is 0.394 e. The van der Waals surface area contributed by atoms with Crippen molar-refractivity contribution in [3.05, 3.63) is 29.8 Å². The number of aliphatic hydroxyl groups excluding tert-OH is 1. The monoisotopic (exact) mass is 301 g/mol. The van der Waals surface area contributed by atoms with Crippen molar-refractivity contribution in [3.63, 3.8) is 0 Å². The van der Waals surface area contributed by atoms with E-state index < -0.39 is 17.2 Å². The van der Waals surface area contributed by atoms with Crippen LogP contribution in [-0.4, -0.2) is 28.9 Å². The molecule has 1 amide bonds. The molecule has 1 aromatic rings. The van der Waals surface area contributed by atoms with Gasteiger partial charge in [0.2, 0.25) is 0 Å². The average Bonchev–Trinajstić information content (AvgIpc) is 2.87. The summed E-state index contributed by atoms with van der Waals surface area (Å²) >= 11 is 0.361. The Hall–Kier alpha value is -1.14. The molecule has 1 fully saturated rings. The van der Waals surface area contributed by atoms with Crippen LogP contribution in [0, 0.1) is 0 Å². The molecule has 1 saturated carbocycles. The van der Waals surface area contributed by atoms with Gasteiger partial charge < -0.3 is 10.4 Å². The van der Waals surface area contributed by atoms with Gasteiger partial charge in [0, 0.05) is 4.90 Å². The van der Waals surface area contributed by atoms with E-state index in [1.807, 2.05) is 0 Å². The number of carbonyl (C=O) groups excluding carboxylic acids is 1. The zero-order valence-corrected chi connectivity index (χ0v) is 11.8. The van der Waals surface area contributed by atoms with Crippen molar-refractivity contribution in [2.45, 2.75) is 41.9 Å². The molecule has 2 N–H and O–H groups in total. The number of benzene rings is 1. The van der Waals surface area contributed by atoms with Crippen molar-refractivity contribution in [1.29, 1.82) is 0 Å². The summed E-state index contributed by atoms with van der Waals surface area (Å²) in [4.78, 5) is 12.5. The first kappa shape index (κ1) is 15.3. The number of hydrogen-bond acceptors (Lipinski definition) is 3. The van der Waals surface area contributed by atoms with Crippen molar-refractivity contribution in [2.24, 2.45) is 0 Å². The molecule has 0 aliphatic heterocycles. The third-order valence-corrected chi connectivity index (χ3v) is 4.38. The number of alkyl halides is 2. The molecule has 20 heavy (non-hydrogen) atoms. The zero-order chi connectivity index (χ0) is 14.6. The lowest BCUT2D eigenvalue weighted by Gasteiger charge is -2.28. The van der Waals surface area contributed by atoms with Gasteiger partial charge in [-0.3, -0.25) is 4.79 Å². The van der Waals surface area contributed by atoms with E-state index >= 15 is 0 Å². The van der Waals surface area contributed by atoms with E-state index in [4.69, 9.17) is 0 Å². The zero-order valence-electron chi connectivity index (χ0n) is 10.9. The minimum absolute atomic E-state index is 0.122.